The Balaban J connectivity index is 1.75. The molecule has 6 heteroatoms. The van der Waals surface area contributed by atoms with Gasteiger partial charge in [-0.3, -0.25) is 9.59 Å². The van der Waals surface area contributed by atoms with Crippen LogP contribution in [-0.4, -0.2) is 37.2 Å². The first-order valence-electron chi connectivity index (χ1n) is 9.23. The van der Waals surface area contributed by atoms with Gasteiger partial charge in [-0.15, -0.1) is 0 Å². The van der Waals surface area contributed by atoms with Crippen LogP contribution in [0.3, 0.4) is 0 Å². The van der Waals surface area contributed by atoms with E-state index in [9.17, 15) is 9.59 Å². The third-order valence-electron chi connectivity index (χ3n) is 5.68. The number of carbonyl (C=O) groups is 1. The number of amides is 1. The zero-order chi connectivity index (χ0) is 18.4. The molecule has 1 aliphatic heterocycles. The average molecular weight is 352 g/mol. The number of piperidine rings is 1. The van der Waals surface area contributed by atoms with Crippen LogP contribution in [0.5, 0.6) is 0 Å². The molecule has 0 saturated carbocycles. The number of fused-ring (bicyclic) bond motifs is 3. The first-order valence-corrected chi connectivity index (χ1v) is 9.23. The van der Waals surface area contributed by atoms with Crippen molar-refractivity contribution in [3.63, 3.8) is 0 Å². The minimum atomic E-state index is -0.216. The van der Waals surface area contributed by atoms with Crippen molar-refractivity contribution in [2.24, 2.45) is 7.05 Å². The molecule has 1 aromatic carbocycles. The van der Waals surface area contributed by atoms with Crippen molar-refractivity contribution in [2.75, 3.05) is 0 Å². The monoisotopic (exact) mass is 352 g/mol. The molecule has 0 radical (unpaired) electrons. The second kappa shape index (κ2) is 6.27. The highest BCUT2D eigenvalue weighted by atomic mass is 16.2. The highest BCUT2D eigenvalue weighted by Crippen LogP contribution is 2.25. The van der Waals surface area contributed by atoms with E-state index < -0.39 is 0 Å². The van der Waals surface area contributed by atoms with Crippen LogP contribution in [0.4, 0.5) is 0 Å². The van der Waals surface area contributed by atoms with Gasteiger partial charge >= 0.3 is 0 Å². The summed E-state index contributed by atoms with van der Waals surface area (Å²) in [5.74, 6) is -0.0302. The molecule has 26 heavy (non-hydrogen) atoms. The Morgan fingerprint density at radius 3 is 2.58 bits per heavy atom. The summed E-state index contributed by atoms with van der Waals surface area (Å²) in [5.41, 5.74) is 1.37. The Kier molecular flexibility index (Phi) is 4.05. The number of hydrogen-bond donors (Lipinski definition) is 0. The highest BCUT2D eigenvalue weighted by Gasteiger charge is 2.29. The Hall–Kier alpha value is -2.63. The molecule has 0 spiro atoms. The van der Waals surface area contributed by atoms with Crippen molar-refractivity contribution >= 4 is 27.7 Å². The molecular formula is C20H24N4O2. The van der Waals surface area contributed by atoms with Gasteiger partial charge in [0.05, 0.1) is 6.20 Å². The predicted octanol–water partition coefficient (Wildman–Crippen LogP) is 2.68. The van der Waals surface area contributed by atoms with Crippen LogP contribution in [-0.2, 0) is 18.4 Å². The normalized spacial score (nSPS) is 20.8. The quantitative estimate of drug-likeness (QED) is 0.712. The maximum Gasteiger partial charge on any atom is 0.291 e. The molecule has 3 aromatic rings. The maximum atomic E-state index is 13.0. The minimum absolute atomic E-state index is 0.00895. The van der Waals surface area contributed by atoms with E-state index in [0.29, 0.717) is 5.52 Å². The van der Waals surface area contributed by atoms with Gasteiger partial charge in [-0.25, -0.2) is 4.68 Å². The molecule has 1 aliphatic rings. The van der Waals surface area contributed by atoms with E-state index in [0.717, 1.165) is 35.6 Å². The summed E-state index contributed by atoms with van der Waals surface area (Å²) in [5, 5.41) is 6.13. The number of likely N-dealkylation sites (tertiary alicyclic amines) is 1. The van der Waals surface area contributed by atoms with E-state index >= 15 is 0 Å². The first-order chi connectivity index (χ1) is 12.5. The van der Waals surface area contributed by atoms with E-state index in [-0.39, 0.29) is 30.1 Å². The SMILES string of the molecule is CC1CCCC(C)N1C(=O)Cn1ncc2c3ccccc3n(C)c2c1=O. The number of rotatable bonds is 2. The summed E-state index contributed by atoms with van der Waals surface area (Å²) >= 11 is 0. The third kappa shape index (κ3) is 2.52. The van der Waals surface area contributed by atoms with E-state index in [1.807, 2.05) is 40.8 Å². The molecule has 1 amide bonds. The van der Waals surface area contributed by atoms with Crippen LogP contribution in [0.15, 0.2) is 35.3 Å². The summed E-state index contributed by atoms with van der Waals surface area (Å²) in [7, 11) is 1.88. The number of para-hydroxylation sites is 1. The number of aromatic nitrogens is 3. The van der Waals surface area contributed by atoms with E-state index in [4.69, 9.17) is 0 Å². The van der Waals surface area contributed by atoms with Gasteiger partial charge in [-0.05, 0) is 39.2 Å². The molecule has 1 saturated heterocycles. The summed E-state index contributed by atoms with van der Waals surface area (Å²) in [6.45, 7) is 4.15. The average Bonchev–Trinajstić information content (AvgIpc) is 2.91. The lowest BCUT2D eigenvalue weighted by Gasteiger charge is -2.39. The van der Waals surface area contributed by atoms with E-state index in [1.165, 1.54) is 4.68 Å². The lowest BCUT2D eigenvalue weighted by Crippen LogP contribution is -2.49. The van der Waals surface area contributed by atoms with Crippen molar-refractivity contribution < 1.29 is 4.79 Å². The molecule has 2 aromatic heterocycles. The topological polar surface area (TPSA) is 60.1 Å². The number of nitrogens with zero attached hydrogens (tertiary/aromatic N) is 4. The van der Waals surface area contributed by atoms with Gasteiger partial charge in [-0.1, -0.05) is 18.2 Å². The van der Waals surface area contributed by atoms with Crippen molar-refractivity contribution in [1.82, 2.24) is 19.2 Å². The first kappa shape index (κ1) is 16.8. The lowest BCUT2D eigenvalue weighted by atomic mass is 9.97. The number of benzene rings is 1. The predicted molar refractivity (Wildman–Crippen MR) is 102 cm³/mol. The van der Waals surface area contributed by atoms with Gasteiger partial charge in [0.15, 0.2) is 0 Å². The van der Waals surface area contributed by atoms with Gasteiger partial charge in [-0.2, -0.15) is 5.10 Å². The van der Waals surface area contributed by atoms with Crippen LogP contribution >= 0.6 is 0 Å². The molecule has 0 aliphatic carbocycles. The summed E-state index contributed by atoms with van der Waals surface area (Å²) in [4.78, 5) is 27.8. The number of hydrogen-bond acceptors (Lipinski definition) is 3. The highest BCUT2D eigenvalue weighted by molar-refractivity contribution is 6.07. The molecule has 2 atom stereocenters. The largest absolute Gasteiger partial charge is 0.339 e. The van der Waals surface area contributed by atoms with Crippen molar-refractivity contribution in [3.05, 3.63) is 40.8 Å². The van der Waals surface area contributed by atoms with Crippen LogP contribution in [0, 0.1) is 0 Å². The molecule has 0 N–H and O–H groups in total. The zero-order valence-electron chi connectivity index (χ0n) is 15.5. The molecule has 0 bridgehead atoms. The maximum absolute atomic E-state index is 13.0. The molecule has 3 heterocycles. The fourth-order valence-corrected chi connectivity index (χ4v) is 4.35. The van der Waals surface area contributed by atoms with Gasteiger partial charge < -0.3 is 9.47 Å². The number of aryl methyl sites for hydroxylation is 1. The third-order valence-corrected chi connectivity index (χ3v) is 5.68. The Morgan fingerprint density at radius 1 is 1.15 bits per heavy atom. The zero-order valence-corrected chi connectivity index (χ0v) is 15.5. The molecule has 4 rings (SSSR count). The van der Waals surface area contributed by atoms with E-state index in [1.54, 1.807) is 6.20 Å². The van der Waals surface area contributed by atoms with Gasteiger partial charge in [0.1, 0.15) is 12.1 Å². The van der Waals surface area contributed by atoms with Crippen molar-refractivity contribution in [2.45, 2.75) is 51.7 Å². The summed E-state index contributed by atoms with van der Waals surface area (Å²) in [6, 6.07) is 8.31. The number of carbonyl (C=O) groups excluding carboxylic acids is 1. The van der Waals surface area contributed by atoms with Gasteiger partial charge in [0.2, 0.25) is 5.91 Å². The van der Waals surface area contributed by atoms with Crippen molar-refractivity contribution in [1.29, 1.82) is 0 Å². The fraction of sp³-hybridized carbons (Fsp3) is 0.450. The van der Waals surface area contributed by atoms with Crippen LogP contribution < -0.4 is 5.56 Å². The summed E-state index contributed by atoms with van der Waals surface area (Å²) < 4.78 is 3.19. The van der Waals surface area contributed by atoms with Gasteiger partial charge in [0, 0.05) is 35.4 Å². The van der Waals surface area contributed by atoms with Crippen LogP contribution in [0.25, 0.3) is 21.8 Å². The second-order valence-electron chi connectivity index (χ2n) is 7.38. The Labute approximate surface area is 152 Å². The second-order valence-corrected chi connectivity index (χ2v) is 7.38. The Morgan fingerprint density at radius 2 is 1.85 bits per heavy atom. The van der Waals surface area contributed by atoms with Gasteiger partial charge in [0.25, 0.3) is 5.56 Å². The molecule has 2 unspecified atom stereocenters. The minimum Gasteiger partial charge on any atom is -0.339 e. The lowest BCUT2D eigenvalue weighted by molar-refractivity contribution is -0.138. The molecular weight excluding hydrogens is 328 g/mol. The molecule has 6 nitrogen and oxygen atoms in total. The molecule has 1 fully saturated rings. The standard InChI is InChI=1S/C20H24N4O2/c1-13-7-6-8-14(2)24(13)18(25)12-23-20(26)19-16(11-21-23)15-9-4-5-10-17(15)22(19)3/h4-5,9-11,13-14H,6-8,12H2,1-3H3. The van der Waals surface area contributed by atoms with Crippen molar-refractivity contribution in [3.8, 4) is 0 Å². The van der Waals surface area contributed by atoms with Crippen LogP contribution in [0.2, 0.25) is 0 Å². The van der Waals surface area contributed by atoms with Crippen LogP contribution in [0.1, 0.15) is 33.1 Å². The Bertz CT molecular complexity index is 1040. The molecule has 136 valence electrons. The van der Waals surface area contributed by atoms with E-state index in [2.05, 4.69) is 18.9 Å². The smallest absolute Gasteiger partial charge is 0.291 e. The fourth-order valence-electron chi connectivity index (χ4n) is 4.35. The summed E-state index contributed by atoms with van der Waals surface area (Å²) in [6.07, 6.45) is 4.88.